The van der Waals surface area contributed by atoms with Crippen LogP contribution in [0.15, 0.2) is 17.0 Å². The van der Waals surface area contributed by atoms with Crippen LogP contribution in [-0.2, 0) is 29.5 Å². The Labute approximate surface area is 165 Å². The van der Waals surface area contributed by atoms with E-state index in [0.29, 0.717) is 0 Å². The predicted molar refractivity (Wildman–Crippen MR) is 107 cm³/mol. The largest absolute Gasteiger partial charge is 0.695 e. The van der Waals surface area contributed by atoms with Crippen molar-refractivity contribution >= 4 is 31.6 Å². The summed E-state index contributed by atoms with van der Waals surface area (Å²) in [6.45, 7) is 11.5. The maximum Gasteiger partial charge on any atom is 0.695 e. The van der Waals surface area contributed by atoms with Crippen LogP contribution in [0.3, 0.4) is 0 Å². The Hall–Kier alpha value is -1.27. The van der Waals surface area contributed by atoms with E-state index in [1.807, 2.05) is 53.7 Å². The number of phenols is 1. The van der Waals surface area contributed by atoms with Crippen LogP contribution in [0, 0.1) is 0 Å². The Bertz CT molecular complexity index is 696. The second-order valence-corrected chi connectivity index (χ2v) is 10.2. The molecule has 27 heavy (non-hydrogen) atoms. The lowest BCUT2D eigenvalue weighted by Crippen LogP contribution is -2.17. The Balaban J connectivity index is 2.93. The molecular weight excluding hydrogens is 387 g/mol. The molecule has 1 aromatic rings. The van der Waals surface area contributed by atoms with E-state index in [9.17, 15) is 19.3 Å². The lowest BCUT2D eigenvalue weighted by Gasteiger charge is -2.28. The van der Waals surface area contributed by atoms with E-state index in [-0.39, 0.29) is 34.5 Å². The molecule has 0 saturated carbocycles. The Kier molecular flexibility index (Phi) is 8.17. The summed E-state index contributed by atoms with van der Waals surface area (Å²) < 4.78 is 14.7. The van der Waals surface area contributed by atoms with Crippen LogP contribution in [0.5, 0.6) is 5.75 Å². The zero-order chi connectivity index (χ0) is 21.0. The molecule has 0 radical (unpaired) electrons. The fourth-order valence-corrected chi connectivity index (χ4v) is 3.53. The number of aromatic hydroxyl groups is 1. The average molecular weight is 415 g/mol. The van der Waals surface area contributed by atoms with Gasteiger partial charge in [0.25, 0.3) is 0 Å². The van der Waals surface area contributed by atoms with Gasteiger partial charge in [-0.1, -0.05) is 41.5 Å². The summed E-state index contributed by atoms with van der Waals surface area (Å²) in [5, 5.41) is 10.7. The lowest BCUT2D eigenvalue weighted by atomic mass is 9.79. The first kappa shape index (κ1) is 23.8. The van der Waals surface area contributed by atoms with Crippen LogP contribution in [-0.4, -0.2) is 33.9 Å². The van der Waals surface area contributed by atoms with E-state index in [0.717, 1.165) is 16.0 Å². The molecule has 0 spiro atoms. The van der Waals surface area contributed by atoms with Crippen molar-refractivity contribution < 1.29 is 28.7 Å². The highest BCUT2D eigenvalue weighted by atomic mass is 32.2. The zero-order valence-electron chi connectivity index (χ0n) is 16.7. The van der Waals surface area contributed by atoms with Crippen molar-refractivity contribution in [2.75, 3.05) is 12.4 Å². The summed E-state index contributed by atoms with van der Waals surface area (Å²) in [6, 6.07) is 3.76. The normalized spacial score (nSPS) is 12.8. The van der Waals surface area contributed by atoms with E-state index in [1.54, 1.807) is 0 Å². The zero-order valence-corrected chi connectivity index (χ0v) is 18.4. The van der Waals surface area contributed by atoms with Gasteiger partial charge in [0.1, 0.15) is 5.75 Å². The van der Waals surface area contributed by atoms with Crippen molar-refractivity contribution in [1.82, 2.24) is 0 Å². The molecular formula is C19H28O6PS+. The fourth-order valence-electron chi connectivity index (χ4n) is 2.45. The quantitative estimate of drug-likeness (QED) is 0.371. The van der Waals surface area contributed by atoms with Crippen LogP contribution in [0.4, 0.5) is 0 Å². The van der Waals surface area contributed by atoms with Crippen molar-refractivity contribution in [2.45, 2.75) is 63.7 Å². The molecule has 0 amide bonds. The van der Waals surface area contributed by atoms with Gasteiger partial charge in [-0.15, -0.1) is 21.2 Å². The topological polar surface area (TPSA) is 101 Å². The lowest BCUT2D eigenvalue weighted by molar-refractivity contribution is -0.127. The SMILES string of the molecule is CC(C)(C)c1cc(SCC(=O)CC(=O)CO[P+](=O)O)cc(C(C)(C)C)c1O. The molecule has 150 valence electrons. The van der Waals surface area contributed by atoms with Crippen LogP contribution in [0.25, 0.3) is 0 Å². The van der Waals surface area contributed by atoms with E-state index in [1.165, 1.54) is 11.8 Å². The molecule has 1 aromatic carbocycles. The third kappa shape index (κ3) is 7.70. The van der Waals surface area contributed by atoms with Crippen molar-refractivity contribution in [2.24, 2.45) is 0 Å². The van der Waals surface area contributed by atoms with E-state index in [2.05, 4.69) is 4.52 Å². The van der Waals surface area contributed by atoms with E-state index < -0.39 is 20.6 Å². The summed E-state index contributed by atoms with van der Waals surface area (Å²) in [6.07, 6.45) is -0.341. The molecule has 0 aromatic heterocycles. The molecule has 1 unspecified atom stereocenters. The minimum absolute atomic E-state index is 0.0922. The maximum absolute atomic E-state index is 12.0. The van der Waals surface area contributed by atoms with Gasteiger partial charge >= 0.3 is 8.25 Å². The van der Waals surface area contributed by atoms with Gasteiger partial charge < -0.3 is 5.11 Å². The number of benzene rings is 1. The molecule has 0 fully saturated rings. The third-order valence-electron chi connectivity index (χ3n) is 3.83. The molecule has 1 rings (SSSR count). The maximum atomic E-state index is 12.0. The van der Waals surface area contributed by atoms with Gasteiger partial charge in [-0.3, -0.25) is 9.59 Å². The number of carbonyl (C=O) groups excluding carboxylic acids is 2. The van der Waals surface area contributed by atoms with Crippen LogP contribution >= 0.6 is 20.0 Å². The van der Waals surface area contributed by atoms with Crippen molar-refractivity contribution in [3.8, 4) is 5.75 Å². The second-order valence-electron chi connectivity index (χ2n) is 8.42. The van der Waals surface area contributed by atoms with E-state index >= 15 is 0 Å². The minimum atomic E-state index is -2.85. The number of ketones is 2. The number of hydrogen-bond acceptors (Lipinski definition) is 6. The number of hydrogen-bond donors (Lipinski definition) is 2. The van der Waals surface area contributed by atoms with Gasteiger partial charge in [-0.2, -0.15) is 0 Å². The van der Waals surface area contributed by atoms with Crippen molar-refractivity contribution in [3.63, 3.8) is 0 Å². The number of phenolic OH excluding ortho intramolecular Hbond substituents is 1. The van der Waals surface area contributed by atoms with Gasteiger partial charge in [0, 0.05) is 20.6 Å². The van der Waals surface area contributed by atoms with Gasteiger partial charge in [0.05, 0.1) is 12.2 Å². The Morgan fingerprint density at radius 1 is 1.04 bits per heavy atom. The highest BCUT2D eigenvalue weighted by Crippen LogP contribution is 2.41. The monoisotopic (exact) mass is 415 g/mol. The van der Waals surface area contributed by atoms with Crippen molar-refractivity contribution in [3.05, 3.63) is 23.3 Å². The Morgan fingerprint density at radius 3 is 1.93 bits per heavy atom. The summed E-state index contributed by atoms with van der Waals surface area (Å²) >= 11 is 1.30. The molecule has 0 bridgehead atoms. The minimum Gasteiger partial charge on any atom is -0.507 e. The van der Waals surface area contributed by atoms with Crippen LogP contribution < -0.4 is 0 Å². The summed E-state index contributed by atoms with van der Waals surface area (Å²) in [5.74, 6) is -0.454. The number of thioether (sulfide) groups is 1. The number of carbonyl (C=O) groups is 2. The second kappa shape index (κ2) is 9.28. The third-order valence-corrected chi connectivity index (χ3v) is 5.21. The smallest absolute Gasteiger partial charge is 0.507 e. The first-order chi connectivity index (χ1) is 12.2. The van der Waals surface area contributed by atoms with Gasteiger partial charge in [0.2, 0.25) is 0 Å². The highest BCUT2D eigenvalue weighted by Gasteiger charge is 2.27. The molecule has 1 atom stereocenters. The van der Waals surface area contributed by atoms with Gasteiger partial charge in [0.15, 0.2) is 18.2 Å². The molecule has 0 saturated heterocycles. The molecule has 0 heterocycles. The first-order valence-corrected chi connectivity index (χ1v) is 10.7. The Morgan fingerprint density at radius 2 is 1.52 bits per heavy atom. The molecule has 6 nitrogen and oxygen atoms in total. The van der Waals surface area contributed by atoms with Crippen LogP contribution in [0.2, 0.25) is 0 Å². The molecule has 0 aliphatic rings. The van der Waals surface area contributed by atoms with E-state index in [4.69, 9.17) is 4.89 Å². The average Bonchev–Trinajstić information content (AvgIpc) is 2.49. The first-order valence-electron chi connectivity index (χ1n) is 8.55. The molecule has 0 aliphatic carbocycles. The standard InChI is InChI=1S/C19H27O6PS/c1-18(2,3)15-8-14(9-16(17(15)22)19(4,5)6)27-11-13(21)7-12(20)10-25-26(23)24/h8-9H,7,10-11H2,1-6H3,(H-,22,23,24)/p+1. The molecule has 2 N–H and O–H groups in total. The van der Waals surface area contributed by atoms with Crippen molar-refractivity contribution in [1.29, 1.82) is 0 Å². The van der Waals surface area contributed by atoms with Crippen LogP contribution in [0.1, 0.15) is 59.1 Å². The number of rotatable bonds is 8. The highest BCUT2D eigenvalue weighted by molar-refractivity contribution is 8.00. The van der Waals surface area contributed by atoms with Gasteiger partial charge in [-0.25, -0.2) is 0 Å². The molecule has 0 aliphatic heterocycles. The van der Waals surface area contributed by atoms with Gasteiger partial charge in [-0.05, 0) is 23.0 Å². The predicted octanol–water partition coefficient (Wildman–Crippen LogP) is 4.27. The summed E-state index contributed by atoms with van der Waals surface area (Å²) in [4.78, 5) is 32.9. The fraction of sp³-hybridized carbons (Fsp3) is 0.579. The molecule has 8 heteroatoms. The summed E-state index contributed by atoms with van der Waals surface area (Å²) in [7, 11) is -2.85. The number of Topliss-reactive ketones (excluding diaryl/α,β-unsaturated/α-hetero) is 2. The summed E-state index contributed by atoms with van der Waals surface area (Å²) in [5.41, 5.74) is 1.08.